The fraction of sp³-hybridized carbons (Fsp3) is 1.00. The zero-order valence-corrected chi connectivity index (χ0v) is 10.3. The van der Waals surface area contributed by atoms with Gasteiger partial charge in [-0.05, 0) is 25.8 Å². The van der Waals surface area contributed by atoms with E-state index >= 15 is 0 Å². The highest BCUT2D eigenvalue weighted by Gasteiger charge is 2.21. The minimum Gasteiger partial charge on any atom is -0.320 e. The van der Waals surface area contributed by atoms with E-state index in [0.29, 0.717) is 0 Å². The van der Waals surface area contributed by atoms with Crippen LogP contribution in [-0.2, 0) is 4.74 Å². The Kier molecular flexibility index (Phi) is 6.20. The molecule has 1 aliphatic heterocycles. The molecule has 0 aromatic heterocycles. The second-order valence-electron chi connectivity index (χ2n) is 3.48. The number of hydrogen-bond acceptors (Lipinski definition) is 2. The molecule has 84 valence electrons. The molecule has 0 N–H and O–H groups in total. The van der Waals surface area contributed by atoms with Crippen molar-refractivity contribution in [3.63, 3.8) is 0 Å². The Morgan fingerprint density at radius 2 is 2.00 bits per heavy atom. The van der Waals surface area contributed by atoms with Crippen LogP contribution in [0.1, 0.15) is 19.3 Å². The van der Waals surface area contributed by atoms with Gasteiger partial charge in [-0.2, -0.15) is 8.78 Å². The van der Waals surface area contributed by atoms with Crippen molar-refractivity contribution in [1.82, 2.24) is 4.90 Å². The van der Waals surface area contributed by atoms with Crippen LogP contribution >= 0.6 is 22.6 Å². The van der Waals surface area contributed by atoms with Crippen LogP contribution in [0.25, 0.3) is 0 Å². The van der Waals surface area contributed by atoms with Crippen LogP contribution in [0.15, 0.2) is 0 Å². The van der Waals surface area contributed by atoms with Crippen LogP contribution in [0.5, 0.6) is 0 Å². The van der Waals surface area contributed by atoms with E-state index in [0.717, 1.165) is 36.9 Å². The second-order valence-corrected chi connectivity index (χ2v) is 4.56. The van der Waals surface area contributed by atoms with Crippen molar-refractivity contribution in [1.29, 1.82) is 0 Å². The van der Waals surface area contributed by atoms with Gasteiger partial charge in [-0.3, -0.25) is 0 Å². The van der Waals surface area contributed by atoms with Crippen molar-refractivity contribution in [2.24, 2.45) is 0 Å². The summed E-state index contributed by atoms with van der Waals surface area (Å²) in [5.74, 6) is 0. The van der Waals surface area contributed by atoms with E-state index in [4.69, 9.17) is 0 Å². The molecule has 0 aromatic rings. The topological polar surface area (TPSA) is 12.5 Å². The Labute approximate surface area is 97.1 Å². The van der Waals surface area contributed by atoms with Crippen molar-refractivity contribution in [2.75, 3.05) is 24.1 Å². The van der Waals surface area contributed by atoms with Gasteiger partial charge in [0.1, 0.15) is 0 Å². The molecule has 1 fully saturated rings. The predicted octanol–water partition coefficient (Wildman–Crippen LogP) is 2.52. The van der Waals surface area contributed by atoms with Crippen molar-refractivity contribution in [3.05, 3.63) is 0 Å². The summed E-state index contributed by atoms with van der Waals surface area (Å²) in [6, 6.07) is 0. The molecule has 0 unspecified atom stereocenters. The molecule has 5 heteroatoms. The van der Waals surface area contributed by atoms with E-state index in [1.165, 1.54) is 6.42 Å². The number of hydrogen-bond donors (Lipinski definition) is 0. The normalized spacial score (nSPS) is 20.6. The molecule has 0 atom stereocenters. The standard InChI is InChI=1S/C9H16F2INO/c10-9(11)14-8-2-6-13(7-3-8)5-1-4-12/h8-9H,1-7H2. The van der Waals surface area contributed by atoms with Crippen LogP contribution in [-0.4, -0.2) is 41.7 Å². The molecule has 0 bridgehead atoms. The van der Waals surface area contributed by atoms with Gasteiger partial charge in [0.05, 0.1) is 6.10 Å². The molecule has 1 rings (SSSR count). The molecule has 1 aliphatic rings. The van der Waals surface area contributed by atoms with E-state index in [9.17, 15) is 8.78 Å². The molecule has 14 heavy (non-hydrogen) atoms. The van der Waals surface area contributed by atoms with Gasteiger partial charge in [0, 0.05) is 17.5 Å². The zero-order chi connectivity index (χ0) is 10.4. The first-order valence-corrected chi connectivity index (χ1v) is 6.47. The highest BCUT2D eigenvalue weighted by molar-refractivity contribution is 14.1. The summed E-state index contributed by atoms with van der Waals surface area (Å²) >= 11 is 2.35. The Morgan fingerprint density at radius 3 is 2.50 bits per heavy atom. The van der Waals surface area contributed by atoms with Gasteiger partial charge in [-0.1, -0.05) is 22.6 Å². The first-order chi connectivity index (χ1) is 6.72. The molecule has 1 saturated heterocycles. The highest BCUT2D eigenvalue weighted by atomic mass is 127. The Balaban J connectivity index is 2.11. The van der Waals surface area contributed by atoms with Crippen LogP contribution in [0.2, 0.25) is 0 Å². The fourth-order valence-electron chi connectivity index (χ4n) is 1.70. The first-order valence-electron chi connectivity index (χ1n) is 4.94. The number of ether oxygens (including phenoxy) is 1. The van der Waals surface area contributed by atoms with E-state index in [1.54, 1.807) is 0 Å². The van der Waals surface area contributed by atoms with E-state index in [-0.39, 0.29) is 6.10 Å². The molecule has 0 spiro atoms. The maximum absolute atomic E-state index is 11.9. The summed E-state index contributed by atoms with van der Waals surface area (Å²) in [7, 11) is 0. The highest BCUT2D eigenvalue weighted by Crippen LogP contribution is 2.16. The van der Waals surface area contributed by atoms with Gasteiger partial charge in [0.25, 0.3) is 0 Å². The van der Waals surface area contributed by atoms with Crippen LogP contribution < -0.4 is 0 Å². The first kappa shape index (κ1) is 12.6. The lowest BCUT2D eigenvalue weighted by Gasteiger charge is -2.31. The molecule has 0 radical (unpaired) electrons. The number of rotatable bonds is 5. The van der Waals surface area contributed by atoms with Crippen molar-refractivity contribution >= 4 is 22.6 Å². The number of piperidine rings is 1. The number of alkyl halides is 3. The number of halogens is 3. The van der Waals surface area contributed by atoms with Crippen molar-refractivity contribution < 1.29 is 13.5 Å². The molecule has 1 heterocycles. The maximum Gasteiger partial charge on any atom is 0.345 e. The molecular formula is C9H16F2INO. The molecule has 0 saturated carbocycles. The monoisotopic (exact) mass is 319 g/mol. The SMILES string of the molecule is FC(F)OC1CCN(CCCI)CC1. The smallest absolute Gasteiger partial charge is 0.320 e. The number of likely N-dealkylation sites (tertiary alicyclic amines) is 1. The lowest BCUT2D eigenvalue weighted by atomic mass is 10.1. The predicted molar refractivity (Wildman–Crippen MR) is 60.1 cm³/mol. The molecule has 2 nitrogen and oxygen atoms in total. The van der Waals surface area contributed by atoms with E-state index in [1.807, 2.05) is 0 Å². The van der Waals surface area contributed by atoms with E-state index in [2.05, 4.69) is 32.2 Å². The van der Waals surface area contributed by atoms with Gasteiger partial charge >= 0.3 is 6.61 Å². The maximum atomic E-state index is 11.9. The minimum atomic E-state index is -2.61. The Bertz CT molecular complexity index is 152. The van der Waals surface area contributed by atoms with Gasteiger partial charge < -0.3 is 9.64 Å². The lowest BCUT2D eigenvalue weighted by molar-refractivity contribution is -0.172. The molecule has 0 amide bonds. The van der Waals surface area contributed by atoms with Crippen LogP contribution in [0.4, 0.5) is 8.78 Å². The third kappa shape index (κ3) is 4.84. The van der Waals surface area contributed by atoms with Crippen LogP contribution in [0.3, 0.4) is 0 Å². The Hall–Kier alpha value is 0.510. The summed E-state index contributed by atoms with van der Waals surface area (Å²) in [4.78, 5) is 2.32. The van der Waals surface area contributed by atoms with Gasteiger partial charge in [-0.15, -0.1) is 0 Å². The number of nitrogens with zero attached hydrogens (tertiary/aromatic N) is 1. The lowest BCUT2D eigenvalue weighted by Crippen LogP contribution is -2.38. The second kappa shape index (κ2) is 6.90. The summed E-state index contributed by atoms with van der Waals surface area (Å²) in [5.41, 5.74) is 0. The summed E-state index contributed by atoms with van der Waals surface area (Å²) in [5, 5.41) is 0. The molecule has 0 aliphatic carbocycles. The van der Waals surface area contributed by atoms with Crippen molar-refractivity contribution in [3.8, 4) is 0 Å². The third-order valence-corrected chi connectivity index (χ3v) is 3.20. The molecular weight excluding hydrogens is 303 g/mol. The summed E-state index contributed by atoms with van der Waals surface area (Å²) in [6.45, 7) is 0.271. The molecule has 0 aromatic carbocycles. The van der Waals surface area contributed by atoms with Crippen LogP contribution in [0, 0.1) is 0 Å². The van der Waals surface area contributed by atoms with Gasteiger partial charge in [-0.25, -0.2) is 0 Å². The summed E-state index contributed by atoms with van der Waals surface area (Å²) < 4.78 is 29.4. The third-order valence-electron chi connectivity index (χ3n) is 2.44. The van der Waals surface area contributed by atoms with Gasteiger partial charge in [0.15, 0.2) is 0 Å². The minimum absolute atomic E-state index is 0.231. The average Bonchev–Trinajstić information content (AvgIpc) is 2.16. The summed E-state index contributed by atoms with van der Waals surface area (Å²) in [6.07, 6.45) is 2.43. The zero-order valence-electron chi connectivity index (χ0n) is 8.09. The van der Waals surface area contributed by atoms with E-state index < -0.39 is 6.61 Å². The fourth-order valence-corrected chi connectivity index (χ4v) is 2.04. The largest absolute Gasteiger partial charge is 0.345 e. The van der Waals surface area contributed by atoms with Gasteiger partial charge in [0.2, 0.25) is 0 Å². The average molecular weight is 319 g/mol. The quantitative estimate of drug-likeness (QED) is 0.570. The Morgan fingerprint density at radius 1 is 1.36 bits per heavy atom. The van der Waals surface area contributed by atoms with Crippen molar-refractivity contribution in [2.45, 2.75) is 32.0 Å².